The fourth-order valence-corrected chi connectivity index (χ4v) is 3.03. The van der Waals surface area contributed by atoms with Crippen LogP contribution in [0.4, 0.5) is 5.69 Å². The van der Waals surface area contributed by atoms with Crippen LogP contribution in [0.25, 0.3) is 11.1 Å². The van der Waals surface area contributed by atoms with Gasteiger partial charge < -0.3 is 15.4 Å². The molecule has 1 aliphatic rings. The highest BCUT2D eigenvalue weighted by molar-refractivity contribution is 5.69. The fraction of sp³-hybridized carbons (Fsp3) is 0.389. The Labute approximate surface area is 152 Å². The van der Waals surface area contributed by atoms with Crippen LogP contribution in [0.5, 0.6) is 5.88 Å². The molecule has 1 unspecified atom stereocenters. The molecule has 1 aliphatic heterocycles. The molecule has 3 aromatic heterocycles. The average Bonchev–Trinajstić information content (AvgIpc) is 3.26. The van der Waals surface area contributed by atoms with Crippen molar-refractivity contribution in [3.05, 3.63) is 42.6 Å². The van der Waals surface area contributed by atoms with Crippen molar-refractivity contribution in [2.45, 2.75) is 12.5 Å². The lowest BCUT2D eigenvalue weighted by Gasteiger charge is -2.27. The second kappa shape index (κ2) is 7.17. The van der Waals surface area contributed by atoms with E-state index < -0.39 is 0 Å². The van der Waals surface area contributed by atoms with Gasteiger partial charge in [-0.05, 0) is 24.6 Å². The third kappa shape index (κ3) is 3.70. The quantitative estimate of drug-likeness (QED) is 0.649. The van der Waals surface area contributed by atoms with Crippen molar-refractivity contribution in [1.82, 2.24) is 29.9 Å². The molecule has 26 heavy (non-hydrogen) atoms. The van der Waals surface area contributed by atoms with Crippen molar-refractivity contribution in [3.8, 4) is 17.0 Å². The van der Waals surface area contributed by atoms with E-state index >= 15 is 0 Å². The number of ether oxygens (including phenoxy) is 1. The third-order valence-corrected chi connectivity index (χ3v) is 4.41. The van der Waals surface area contributed by atoms with Crippen LogP contribution in [-0.4, -0.2) is 50.3 Å². The Hall–Kier alpha value is -2.87. The number of aryl methyl sites for hydroxylation is 2. The van der Waals surface area contributed by atoms with Crippen molar-refractivity contribution < 1.29 is 4.74 Å². The van der Waals surface area contributed by atoms with Crippen LogP contribution in [0.3, 0.4) is 0 Å². The summed E-state index contributed by atoms with van der Waals surface area (Å²) in [5.74, 6) is 0.656. The number of hydrogen-bond acceptors (Lipinski definition) is 6. The number of hydrogen-bond donors (Lipinski definition) is 2. The first kappa shape index (κ1) is 16.6. The van der Waals surface area contributed by atoms with Gasteiger partial charge in [-0.3, -0.25) is 9.36 Å². The van der Waals surface area contributed by atoms with Crippen molar-refractivity contribution in [2.75, 3.05) is 25.0 Å². The molecule has 8 nitrogen and oxygen atoms in total. The normalized spacial score (nSPS) is 16.0. The van der Waals surface area contributed by atoms with Crippen LogP contribution in [-0.2, 0) is 20.5 Å². The molecule has 0 amide bonds. The minimum atomic E-state index is 0.0631. The Balaban J connectivity index is 1.30. The molecule has 8 heteroatoms. The molecule has 2 N–H and O–H groups in total. The molecule has 1 atom stereocenters. The summed E-state index contributed by atoms with van der Waals surface area (Å²) in [5, 5.41) is 15.3. The van der Waals surface area contributed by atoms with E-state index in [2.05, 4.69) is 31.9 Å². The number of pyridine rings is 1. The van der Waals surface area contributed by atoms with E-state index in [4.69, 9.17) is 4.74 Å². The Morgan fingerprint density at radius 1 is 1.15 bits per heavy atom. The molecule has 0 saturated carbocycles. The van der Waals surface area contributed by atoms with Crippen LogP contribution < -0.4 is 15.4 Å². The maximum Gasteiger partial charge on any atom is 0.237 e. The van der Waals surface area contributed by atoms with Crippen molar-refractivity contribution in [3.63, 3.8) is 0 Å². The van der Waals surface area contributed by atoms with E-state index in [0.29, 0.717) is 5.88 Å². The smallest absolute Gasteiger partial charge is 0.237 e. The maximum atomic E-state index is 6.01. The van der Waals surface area contributed by atoms with Gasteiger partial charge in [-0.1, -0.05) is 0 Å². The molecule has 0 fully saturated rings. The molecule has 3 aromatic rings. The van der Waals surface area contributed by atoms with Gasteiger partial charge in [0.2, 0.25) is 5.88 Å². The number of fused-ring (bicyclic) bond motifs is 1. The van der Waals surface area contributed by atoms with Gasteiger partial charge in [0.15, 0.2) is 0 Å². The summed E-state index contributed by atoms with van der Waals surface area (Å²) in [7, 11) is 3.84. The second-order valence-corrected chi connectivity index (χ2v) is 6.58. The topological polar surface area (TPSA) is 81.8 Å². The highest BCUT2D eigenvalue weighted by Crippen LogP contribution is 2.30. The van der Waals surface area contributed by atoms with E-state index in [1.165, 1.54) is 5.56 Å². The highest BCUT2D eigenvalue weighted by atomic mass is 16.5. The number of nitrogens with zero attached hydrogens (tertiary/aromatic N) is 5. The molecule has 4 heterocycles. The monoisotopic (exact) mass is 353 g/mol. The van der Waals surface area contributed by atoms with Crippen LogP contribution >= 0.6 is 0 Å². The number of rotatable bonds is 6. The van der Waals surface area contributed by atoms with Crippen LogP contribution in [0.1, 0.15) is 5.56 Å². The predicted molar refractivity (Wildman–Crippen MR) is 99.1 cm³/mol. The Morgan fingerprint density at radius 3 is 2.77 bits per heavy atom. The second-order valence-electron chi connectivity index (χ2n) is 6.58. The van der Waals surface area contributed by atoms with Gasteiger partial charge in [0, 0.05) is 50.4 Å². The van der Waals surface area contributed by atoms with Gasteiger partial charge >= 0.3 is 0 Å². The average molecular weight is 353 g/mol. The van der Waals surface area contributed by atoms with Crippen LogP contribution in [0.2, 0.25) is 0 Å². The Kier molecular flexibility index (Phi) is 4.57. The molecule has 4 rings (SSSR count). The van der Waals surface area contributed by atoms with Gasteiger partial charge in [-0.2, -0.15) is 10.2 Å². The summed E-state index contributed by atoms with van der Waals surface area (Å²) in [6, 6.07) is 2.06. The van der Waals surface area contributed by atoms with Gasteiger partial charge in [-0.25, -0.2) is 4.98 Å². The SMILES string of the molecule is Cn1cc(CCNCC2CNc3cc(-c4cnn(C)c4)cnc3O2)cn1. The summed E-state index contributed by atoms with van der Waals surface area (Å²) >= 11 is 0. The van der Waals surface area contributed by atoms with E-state index in [1.807, 2.05) is 49.8 Å². The molecule has 0 spiro atoms. The van der Waals surface area contributed by atoms with Gasteiger partial charge in [0.25, 0.3) is 0 Å². The lowest BCUT2D eigenvalue weighted by molar-refractivity contribution is 0.194. The van der Waals surface area contributed by atoms with E-state index in [9.17, 15) is 0 Å². The highest BCUT2D eigenvalue weighted by Gasteiger charge is 2.20. The van der Waals surface area contributed by atoms with Gasteiger partial charge in [0.05, 0.1) is 24.6 Å². The zero-order valence-corrected chi connectivity index (χ0v) is 15.0. The van der Waals surface area contributed by atoms with Crippen molar-refractivity contribution >= 4 is 5.69 Å². The molecule has 0 saturated heterocycles. The molecular weight excluding hydrogens is 330 g/mol. The summed E-state index contributed by atoms with van der Waals surface area (Å²) in [5.41, 5.74) is 4.24. The minimum Gasteiger partial charge on any atom is -0.470 e. The van der Waals surface area contributed by atoms with Crippen LogP contribution in [0.15, 0.2) is 37.1 Å². The zero-order chi connectivity index (χ0) is 17.9. The largest absolute Gasteiger partial charge is 0.470 e. The van der Waals surface area contributed by atoms with Gasteiger partial charge in [0.1, 0.15) is 6.10 Å². The fourth-order valence-electron chi connectivity index (χ4n) is 3.03. The Morgan fingerprint density at radius 2 is 2.00 bits per heavy atom. The molecular formula is C18H23N7O. The summed E-state index contributed by atoms with van der Waals surface area (Å²) in [6.45, 7) is 2.43. The number of nitrogens with one attached hydrogen (secondary N) is 2. The summed E-state index contributed by atoms with van der Waals surface area (Å²) in [4.78, 5) is 4.47. The maximum absolute atomic E-state index is 6.01. The predicted octanol–water partition coefficient (Wildman–Crippen LogP) is 1.22. The number of anilines is 1. The van der Waals surface area contributed by atoms with E-state index in [0.717, 1.165) is 42.9 Å². The standard InChI is InChI=1S/C18H23N7O/c1-24-11-13(6-22-24)3-4-19-9-16-10-20-17-5-14(7-21-18(17)26-16)15-8-23-25(2)12-15/h5-8,11-12,16,19-20H,3-4,9-10H2,1-2H3. The summed E-state index contributed by atoms with van der Waals surface area (Å²) < 4.78 is 9.62. The molecule has 0 radical (unpaired) electrons. The number of aromatic nitrogens is 5. The van der Waals surface area contributed by atoms with Crippen LogP contribution in [0, 0.1) is 0 Å². The van der Waals surface area contributed by atoms with Crippen molar-refractivity contribution in [2.24, 2.45) is 14.1 Å². The first-order valence-electron chi connectivity index (χ1n) is 8.75. The van der Waals surface area contributed by atoms with E-state index in [-0.39, 0.29) is 6.10 Å². The lowest BCUT2D eigenvalue weighted by atomic mass is 10.1. The molecule has 0 aromatic carbocycles. The first-order valence-corrected chi connectivity index (χ1v) is 8.75. The summed E-state index contributed by atoms with van der Waals surface area (Å²) in [6.07, 6.45) is 10.6. The minimum absolute atomic E-state index is 0.0631. The lowest BCUT2D eigenvalue weighted by Crippen LogP contribution is -2.40. The first-order chi connectivity index (χ1) is 12.7. The molecule has 136 valence electrons. The third-order valence-electron chi connectivity index (χ3n) is 4.41. The molecule has 0 bridgehead atoms. The Bertz CT molecular complexity index is 885. The zero-order valence-electron chi connectivity index (χ0n) is 15.0. The van der Waals surface area contributed by atoms with E-state index in [1.54, 1.807) is 4.68 Å². The van der Waals surface area contributed by atoms with Gasteiger partial charge in [-0.15, -0.1) is 0 Å². The van der Waals surface area contributed by atoms with Crippen molar-refractivity contribution in [1.29, 1.82) is 0 Å². The molecule has 0 aliphatic carbocycles.